The van der Waals surface area contributed by atoms with E-state index in [9.17, 15) is 19.2 Å². The molecular formula is C25H32N2O7S2. The fourth-order valence-electron chi connectivity index (χ4n) is 3.30. The van der Waals surface area contributed by atoms with Gasteiger partial charge in [0.1, 0.15) is 28.1 Å². The van der Waals surface area contributed by atoms with Gasteiger partial charge in [-0.05, 0) is 41.5 Å². The molecule has 0 aliphatic heterocycles. The van der Waals surface area contributed by atoms with Crippen LogP contribution < -0.4 is 11.1 Å². The fourth-order valence-corrected chi connectivity index (χ4v) is 4.75. The molecule has 1 aromatic heterocycles. The number of ether oxygens (including phenoxy) is 3. The lowest BCUT2D eigenvalue weighted by molar-refractivity contribution is -0.147. The summed E-state index contributed by atoms with van der Waals surface area (Å²) in [5.41, 5.74) is 7.39. The summed E-state index contributed by atoms with van der Waals surface area (Å²) in [5.74, 6) is -2.02. The van der Waals surface area contributed by atoms with E-state index in [-0.39, 0.29) is 26.4 Å². The Hall–Kier alpha value is -3.05. The lowest BCUT2D eigenvalue weighted by Crippen LogP contribution is -2.42. The van der Waals surface area contributed by atoms with Gasteiger partial charge in [-0.15, -0.1) is 11.3 Å². The molecule has 0 aliphatic rings. The van der Waals surface area contributed by atoms with E-state index in [0.717, 1.165) is 16.9 Å². The van der Waals surface area contributed by atoms with E-state index in [2.05, 4.69) is 26.1 Å². The highest BCUT2D eigenvalue weighted by Crippen LogP contribution is 2.33. The average Bonchev–Trinajstić information content (AvgIpc) is 3.19. The molecule has 0 saturated heterocycles. The molecule has 0 bridgehead atoms. The predicted molar refractivity (Wildman–Crippen MR) is 141 cm³/mol. The number of hydrogen-bond acceptors (Lipinski definition) is 10. The SMILES string of the molecule is COC(=O)c1sc(N)c(C(=O)OC)c1COC(=O)[C@H](CCSC)NC(=O)c1ccc(C(C)(C)C)cc1. The summed E-state index contributed by atoms with van der Waals surface area (Å²) < 4.78 is 15.0. The Morgan fingerprint density at radius 2 is 1.67 bits per heavy atom. The number of methoxy groups -OCH3 is 2. The van der Waals surface area contributed by atoms with Crippen LogP contribution in [0.1, 0.15) is 68.7 Å². The van der Waals surface area contributed by atoms with Crippen molar-refractivity contribution < 1.29 is 33.4 Å². The number of esters is 3. The van der Waals surface area contributed by atoms with Gasteiger partial charge in [0.2, 0.25) is 0 Å². The van der Waals surface area contributed by atoms with E-state index < -0.39 is 36.5 Å². The summed E-state index contributed by atoms with van der Waals surface area (Å²) >= 11 is 2.36. The van der Waals surface area contributed by atoms with Crippen LogP contribution in [0.2, 0.25) is 0 Å². The lowest BCUT2D eigenvalue weighted by atomic mass is 9.86. The topological polar surface area (TPSA) is 134 Å². The van der Waals surface area contributed by atoms with Crippen LogP contribution in [0.3, 0.4) is 0 Å². The van der Waals surface area contributed by atoms with Crippen LogP contribution >= 0.6 is 23.1 Å². The van der Waals surface area contributed by atoms with Crippen molar-refractivity contribution in [3.8, 4) is 0 Å². The molecule has 11 heteroatoms. The van der Waals surface area contributed by atoms with Crippen LogP contribution in [0.25, 0.3) is 0 Å². The van der Waals surface area contributed by atoms with Gasteiger partial charge in [-0.2, -0.15) is 11.8 Å². The number of thioether (sulfide) groups is 1. The Morgan fingerprint density at radius 1 is 1.06 bits per heavy atom. The predicted octanol–water partition coefficient (Wildman–Crippen LogP) is 3.80. The molecule has 0 fully saturated rings. The van der Waals surface area contributed by atoms with Crippen LogP contribution in [0.4, 0.5) is 5.00 Å². The van der Waals surface area contributed by atoms with Gasteiger partial charge in [0.05, 0.1) is 14.2 Å². The standard InChI is InChI=1S/C25H32N2O7S2/c1-25(2,3)15-9-7-14(8-10-15)21(28)27-17(11-12-35-6)22(29)34-13-16-18(23(30)32-4)20(26)36-19(16)24(31)33-5/h7-10,17H,11-13,26H2,1-6H3,(H,27,28)/t17-/m0/s1. The number of hydrogen-bond donors (Lipinski definition) is 2. The van der Waals surface area contributed by atoms with E-state index in [1.54, 1.807) is 12.1 Å². The zero-order valence-corrected chi connectivity index (χ0v) is 22.9. The summed E-state index contributed by atoms with van der Waals surface area (Å²) in [6.07, 6.45) is 2.21. The van der Waals surface area contributed by atoms with Gasteiger partial charge in [0.25, 0.3) is 5.91 Å². The summed E-state index contributed by atoms with van der Waals surface area (Å²) in [6, 6.07) is 6.26. The molecule has 2 aromatic rings. The van der Waals surface area contributed by atoms with Crippen molar-refractivity contribution in [1.29, 1.82) is 0 Å². The number of amides is 1. The fraction of sp³-hybridized carbons (Fsp3) is 0.440. The molecule has 0 spiro atoms. The number of nitrogens with two attached hydrogens (primary N) is 1. The van der Waals surface area contributed by atoms with Gasteiger partial charge in [-0.3, -0.25) is 4.79 Å². The lowest BCUT2D eigenvalue weighted by Gasteiger charge is -2.20. The third-order valence-electron chi connectivity index (χ3n) is 5.37. The van der Waals surface area contributed by atoms with Gasteiger partial charge in [-0.1, -0.05) is 32.9 Å². The monoisotopic (exact) mass is 536 g/mol. The molecule has 1 aromatic carbocycles. The summed E-state index contributed by atoms with van der Waals surface area (Å²) in [4.78, 5) is 50.3. The summed E-state index contributed by atoms with van der Waals surface area (Å²) in [5, 5.41) is 2.77. The maximum atomic E-state index is 13.0. The minimum atomic E-state index is -0.939. The highest BCUT2D eigenvalue weighted by Gasteiger charge is 2.30. The first kappa shape index (κ1) is 29.2. The van der Waals surface area contributed by atoms with E-state index in [1.807, 2.05) is 18.4 Å². The average molecular weight is 537 g/mol. The molecule has 196 valence electrons. The Kier molecular flexibility index (Phi) is 10.4. The summed E-state index contributed by atoms with van der Waals surface area (Å²) in [7, 11) is 2.36. The number of benzene rings is 1. The van der Waals surface area contributed by atoms with E-state index >= 15 is 0 Å². The molecule has 0 radical (unpaired) electrons. The molecule has 1 heterocycles. The van der Waals surface area contributed by atoms with Crippen molar-refractivity contribution in [3.63, 3.8) is 0 Å². The minimum Gasteiger partial charge on any atom is -0.465 e. The molecular weight excluding hydrogens is 504 g/mol. The first-order valence-corrected chi connectivity index (χ1v) is 13.3. The Labute approximate surface area is 219 Å². The molecule has 1 amide bonds. The molecule has 3 N–H and O–H groups in total. The first-order valence-electron chi connectivity index (χ1n) is 11.1. The second-order valence-corrected chi connectivity index (χ2v) is 10.9. The van der Waals surface area contributed by atoms with Crippen molar-refractivity contribution in [2.24, 2.45) is 0 Å². The van der Waals surface area contributed by atoms with E-state index in [1.165, 1.54) is 26.0 Å². The maximum Gasteiger partial charge on any atom is 0.348 e. The van der Waals surface area contributed by atoms with E-state index in [0.29, 0.717) is 17.7 Å². The van der Waals surface area contributed by atoms with Crippen molar-refractivity contribution in [2.75, 3.05) is 32.0 Å². The van der Waals surface area contributed by atoms with Crippen LogP contribution in [-0.4, -0.2) is 56.1 Å². The molecule has 0 unspecified atom stereocenters. The van der Waals surface area contributed by atoms with Crippen LogP contribution in [0.15, 0.2) is 24.3 Å². The highest BCUT2D eigenvalue weighted by atomic mass is 32.2. The Morgan fingerprint density at radius 3 is 2.19 bits per heavy atom. The largest absolute Gasteiger partial charge is 0.465 e. The number of nitrogens with one attached hydrogen (secondary N) is 1. The molecule has 1 atom stereocenters. The van der Waals surface area contributed by atoms with Gasteiger partial charge >= 0.3 is 17.9 Å². The third kappa shape index (κ3) is 7.23. The number of carbonyl (C=O) groups is 4. The van der Waals surface area contributed by atoms with Gasteiger partial charge in [0.15, 0.2) is 0 Å². The van der Waals surface area contributed by atoms with Crippen molar-refractivity contribution in [2.45, 2.75) is 45.3 Å². The number of carbonyl (C=O) groups excluding carboxylic acids is 4. The quantitative estimate of drug-likeness (QED) is 0.343. The zero-order chi connectivity index (χ0) is 27.0. The third-order valence-corrected chi connectivity index (χ3v) is 7.05. The smallest absolute Gasteiger partial charge is 0.348 e. The highest BCUT2D eigenvalue weighted by molar-refractivity contribution is 7.98. The van der Waals surface area contributed by atoms with Crippen molar-refractivity contribution >= 4 is 51.9 Å². The minimum absolute atomic E-state index is 0.0341. The van der Waals surface area contributed by atoms with E-state index in [4.69, 9.17) is 19.9 Å². The molecule has 0 saturated carbocycles. The molecule has 2 rings (SSSR count). The molecule has 9 nitrogen and oxygen atoms in total. The first-order chi connectivity index (χ1) is 16.9. The Bertz CT molecular complexity index is 1100. The Balaban J connectivity index is 2.22. The number of thiophene rings is 1. The van der Waals surface area contributed by atoms with Crippen LogP contribution in [-0.2, 0) is 31.0 Å². The molecule has 36 heavy (non-hydrogen) atoms. The second kappa shape index (κ2) is 12.8. The normalized spacial score (nSPS) is 11.9. The van der Waals surface area contributed by atoms with Crippen molar-refractivity contribution in [3.05, 3.63) is 51.4 Å². The second-order valence-electron chi connectivity index (χ2n) is 8.87. The van der Waals surface area contributed by atoms with Crippen LogP contribution in [0, 0.1) is 0 Å². The number of rotatable bonds is 10. The number of anilines is 1. The zero-order valence-electron chi connectivity index (χ0n) is 21.3. The van der Waals surface area contributed by atoms with Crippen LogP contribution in [0.5, 0.6) is 0 Å². The molecule has 0 aliphatic carbocycles. The van der Waals surface area contributed by atoms with Gasteiger partial charge in [0, 0.05) is 11.1 Å². The number of nitrogen functional groups attached to an aromatic ring is 1. The van der Waals surface area contributed by atoms with Gasteiger partial charge < -0.3 is 25.3 Å². The van der Waals surface area contributed by atoms with Gasteiger partial charge in [-0.25, -0.2) is 14.4 Å². The summed E-state index contributed by atoms with van der Waals surface area (Å²) in [6.45, 7) is 5.81. The van der Waals surface area contributed by atoms with Crippen molar-refractivity contribution in [1.82, 2.24) is 5.32 Å². The maximum absolute atomic E-state index is 13.0.